The molecule has 0 saturated heterocycles. The molecule has 2 aromatic rings. The number of amides is 1. The fourth-order valence-corrected chi connectivity index (χ4v) is 2.67. The number of aromatic nitrogens is 1. The summed E-state index contributed by atoms with van der Waals surface area (Å²) in [5, 5.41) is 5.61. The third-order valence-electron chi connectivity index (χ3n) is 2.91. The maximum atomic E-state index is 12.8. The Kier molecular flexibility index (Phi) is 10.7. The first-order valence-electron chi connectivity index (χ1n) is 6.82. The normalized spacial score (nSPS) is 9.65. The lowest BCUT2D eigenvalue weighted by Gasteiger charge is -2.02. The zero-order chi connectivity index (χ0) is 15.1. The summed E-state index contributed by atoms with van der Waals surface area (Å²) in [5.41, 5.74) is 7.14. The second kappa shape index (κ2) is 11.3. The molecule has 0 atom stereocenters. The number of nitrogens with two attached hydrogens (primary N) is 1. The third kappa shape index (κ3) is 7.74. The molecule has 0 aliphatic carbocycles. The molecule has 1 amide bonds. The number of thiazole rings is 1. The van der Waals surface area contributed by atoms with Gasteiger partial charge in [0.15, 0.2) is 0 Å². The van der Waals surface area contributed by atoms with Crippen LogP contribution in [-0.2, 0) is 17.6 Å². The van der Waals surface area contributed by atoms with Crippen molar-refractivity contribution in [1.82, 2.24) is 10.3 Å². The Hall–Kier alpha value is -1.21. The molecule has 4 nitrogen and oxygen atoms in total. The number of carbonyl (C=O) groups excluding carboxylic acids is 1. The Bertz CT molecular complexity index is 593. The van der Waals surface area contributed by atoms with Crippen molar-refractivity contribution in [3.8, 4) is 0 Å². The van der Waals surface area contributed by atoms with Crippen LogP contribution in [0.5, 0.6) is 0 Å². The quantitative estimate of drug-likeness (QED) is 0.726. The number of hydrogen-bond donors (Lipinski definition) is 2. The smallest absolute Gasteiger partial charge is 0.226 e. The zero-order valence-electron chi connectivity index (χ0n) is 12.5. The van der Waals surface area contributed by atoms with Gasteiger partial charge in [-0.05, 0) is 30.7 Å². The van der Waals surface area contributed by atoms with Crippen LogP contribution >= 0.6 is 36.2 Å². The van der Waals surface area contributed by atoms with E-state index in [9.17, 15) is 9.18 Å². The minimum Gasteiger partial charge on any atom is -0.356 e. The van der Waals surface area contributed by atoms with Crippen molar-refractivity contribution in [2.24, 2.45) is 5.73 Å². The van der Waals surface area contributed by atoms with Crippen LogP contribution in [0.2, 0.25) is 0 Å². The maximum absolute atomic E-state index is 12.8. The van der Waals surface area contributed by atoms with Crippen LogP contribution in [0.3, 0.4) is 0 Å². The molecule has 0 aliphatic heterocycles. The van der Waals surface area contributed by atoms with Gasteiger partial charge in [0, 0.05) is 18.3 Å². The molecule has 1 aromatic carbocycles. The molecule has 2 rings (SSSR count). The number of hydrogen-bond acceptors (Lipinski definition) is 4. The number of carbonyl (C=O) groups is 1. The van der Waals surface area contributed by atoms with E-state index < -0.39 is 0 Å². The van der Waals surface area contributed by atoms with Gasteiger partial charge in [-0.25, -0.2) is 9.37 Å². The van der Waals surface area contributed by atoms with Crippen molar-refractivity contribution in [1.29, 1.82) is 0 Å². The van der Waals surface area contributed by atoms with Gasteiger partial charge in [-0.3, -0.25) is 4.79 Å². The summed E-state index contributed by atoms with van der Waals surface area (Å²) in [7, 11) is 0. The molecular weight excluding hydrogens is 360 g/mol. The highest BCUT2D eigenvalue weighted by Crippen LogP contribution is 2.15. The lowest BCUT2D eigenvalue weighted by Crippen LogP contribution is -2.27. The molecule has 0 aliphatic rings. The van der Waals surface area contributed by atoms with Gasteiger partial charge in [0.25, 0.3) is 0 Å². The molecule has 0 radical (unpaired) electrons. The summed E-state index contributed by atoms with van der Waals surface area (Å²) in [6, 6.07) is 6.37. The second-order valence-corrected chi connectivity index (χ2v) is 5.65. The van der Waals surface area contributed by atoms with E-state index >= 15 is 0 Å². The Balaban J connectivity index is 0.00000242. The van der Waals surface area contributed by atoms with E-state index in [1.54, 1.807) is 12.1 Å². The summed E-state index contributed by atoms with van der Waals surface area (Å²) in [5.74, 6) is -0.283. The van der Waals surface area contributed by atoms with E-state index in [0.717, 1.165) is 22.7 Å². The summed E-state index contributed by atoms with van der Waals surface area (Å²) in [4.78, 5) is 16.1. The van der Waals surface area contributed by atoms with E-state index in [1.807, 2.05) is 5.38 Å². The molecule has 8 heteroatoms. The van der Waals surface area contributed by atoms with E-state index in [0.29, 0.717) is 19.5 Å². The molecule has 23 heavy (non-hydrogen) atoms. The van der Waals surface area contributed by atoms with Crippen LogP contribution < -0.4 is 11.1 Å². The van der Waals surface area contributed by atoms with Crippen molar-refractivity contribution < 1.29 is 9.18 Å². The summed E-state index contributed by atoms with van der Waals surface area (Å²) in [6.07, 6.45) is 1.71. The Labute approximate surface area is 151 Å². The lowest BCUT2D eigenvalue weighted by molar-refractivity contribution is -0.120. The first-order chi connectivity index (χ1) is 10.2. The van der Waals surface area contributed by atoms with Gasteiger partial charge in [-0.15, -0.1) is 36.2 Å². The Morgan fingerprint density at radius 2 is 1.96 bits per heavy atom. The van der Waals surface area contributed by atoms with Gasteiger partial charge < -0.3 is 11.1 Å². The van der Waals surface area contributed by atoms with E-state index in [2.05, 4.69) is 10.3 Å². The van der Waals surface area contributed by atoms with Crippen LogP contribution in [0.25, 0.3) is 0 Å². The molecule has 1 aromatic heterocycles. The van der Waals surface area contributed by atoms with Crippen molar-refractivity contribution >= 4 is 42.1 Å². The highest BCUT2D eigenvalue weighted by molar-refractivity contribution is 7.09. The SMILES string of the molecule is Cl.Cl.NCCCNC(=O)Cc1csc(Cc2ccc(F)cc2)n1. The van der Waals surface area contributed by atoms with Crippen LogP contribution in [0, 0.1) is 5.82 Å². The van der Waals surface area contributed by atoms with E-state index in [1.165, 1.54) is 23.5 Å². The van der Waals surface area contributed by atoms with Crippen LogP contribution in [0.1, 0.15) is 22.7 Å². The minimum atomic E-state index is -0.243. The molecule has 0 bridgehead atoms. The number of rotatable bonds is 7. The molecule has 0 spiro atoms. The fraction of sp³-hybridized carbons (Fsp3) is 0.333. The molecule has 3 N–H and O–H groups in total. The third-order valence-corrected chi connectivity index (χ3v) is 3.81. The molecular formula is C15H20Cl2FN3OS. The maximum Gasteiger partial charge on any atom is 0.226 e. The first-order valence-corrected chi connectivity index (χ1v) is 7.70. The number of nitrogens with one attached hydrogen (secondary N) is 1. The minimum absolute atomic E-state index is 0. The Morgan fingerprint density at radius 3 is 2.61 bits per heavy atom. The topological polar surface area (TPSA) is 68.0 Å². The van der Waals surface area contributed by atoms with Gasteiger partial charge >= 0.3 is 0 Å². The largest absolute Gasteiger partial charge is 0.356 e. The predicted molar refractivity (Wildman–Crippen MR) is 96.2 cm³/mol. The lowest BCUT2D eigenvalue weighted by atomic mass is 10.1. The van der Waals surface area contributed by atoms with Crippen molar-refractivity contribution in [2.75, 3.05) is 13.1 Å². The molecule has 0 unspecified atom stereocenters. The predicted octanol–water partition coefficient (Wildman–Crippen LogP) is 2.72. The van der Waals surface area contributed by atoms with Crippen LogP contribution in [-0.4, -0.2) is 24.0 Å². The van der Waals surface area contributed by atoms with Gasteiger partial charge in [0.1, 0.15) is 5.82 Å². The number of benzene rings is 1. The van der Waals surface area contributed by atoms with Crippen molar-refractivity contribution in [2.45, 2.75) is 19.3 Å². The zero-order valence-corrected chi connectivity index (χ0v) is 14.9. The van der Waals surface area contributed by atoms with E-state index in [4.69, 9.17) is 5.73 Å². The molecule has 0 saturated carbocycles. The average Bonchev–Trinajstić information content (AvgIpc) is 2.89. The Morgan fingerprint density at radius 1 is 1.26 bits per heavy atom. The van der Waals surface area contributed by atoms with Gasteiger partial charge in [-0.1, -0.05) is 12.1 Å². The molecule has 1 heterocycles. The van der Waals surface area contributed by atoms with Gasteiger partial charge in [-0.2, -0.15) is 0 Å². The molecule has 0 fully saturated rings. The van der Waals surface area contributed by atoms with Gasteiger partial charge in [0.2, 0.25) is 5.91 Å². The molecule has 128 valence electrons. The summed E-state index contributed by atoms with van der Waals surface area (Å²) in [6.45, 7) is 1.17. The fourth-order valence-electron chi connectivity index (χ4n) is 1.85. The van der Waals surface area contributed by atoms with E-state index in [-0.39, 0.29) is 43.0 Å². The monoisotopic (exact) mass is 379 g/mol. The van der Waals surface area contributed by atoms with Crippen molar-refractivity contribution in [3.05, 3.63) is 51.7 Å². The highest BCUT2D eigenvalue weighted by Gasteiger charge is 2.08. The first kappa shape index (κ1) is 21.8. The second-order valence-electron chi connectivity index (χ2n) is 4.70. The van der Waals surface area contributed by atoms with Crippen LogP contribution in [0.15, 0.2) is 29.6 Å². The van der Waals surface area contributed by atoms with Crippen molar-refractivity contribution in [3.63, 3.8) is 0 Å². The highest BCUT2D eigenvalue weighted by atomic mass is 35.5. The number of nitrogens with zero attached hydrogens (tertiary/aromatic N) is 1. The summed E-state index contributed by atoms with van der Waals surface area (Å²) < 4.78 is 12.8. The van der Waals surface area contributed by atoms with Gasteiger partial charge in [0.05, 0.1) is 17.1 Å². The number of halogens is 3. The standard InChI is InChI=1S/C15H18FN3OS.2ClH/c16-12-4-2-11(3-5-12)8-15-19-13(10-21-15)9-14(20)18-7-1-6-17;;/h2-5,10H,1,6-9,17H2,(H,18,20);2*1H. The van der Waals surface area contributed by atoms with Crippen LogP contribution in [0.4, 0.5) is 4.39 Å². The average molecular weight is 380 g/mol. The summed E-state index contributed by atoms with van der Waals surface area (Å²) >= 11 is 1.51.